The van der Waals surface area contributed by atoms with Crippen molar-refractivity contribution >= 4 is 18.3 Å². The SMILES string of the molecule is CN(Cc1ccc(OC(F)(F)F)cc1)C(=O)C1(N)CCCCC1.Cl. The highest BCUT2D eigenvalue weighted by atomic mass is 35.5. The predicted molar refractivity (Wildman–Crippen MR) is 86.9 cm³/mol. The largest absolute Gasteiger partial charge is 0.573 e. The third-order valence-electron chi connectivity index (χ3n) is 4.10. The van der Waals surface area contributed by atoms with Crippen LogP contribution in [0.3, 0.4) is 0 Å². The van der Waals surface area contributed by atoms with Crippen LogP contribution in [-0.2, 0) is 11.3 Å². The zero-order valence-corrected chi connectivity index (χ0v) is 14.3. The Balaban J connectivity index is 0.00000288. The summed E-state index contributed by atoms with van der Waals surface area (Å²) in [5.74, 6) is -0.398. The van der Waals surface area contributed by atoms with E-state index in [-0.39, 0.29) is 24.1 Å². The van der Waals surface area contributed by atoms with Gasteiger partial charge >= 0.3 is 6.36 Å². The lowest BCUT2D eigenvalue weighted by Crippen LogP contribution is -2.55. The fourth-order valence-electron chi connectivity index (χ4n) is 2.92. The molecule has 0 aromatic heterocycles. The molecule has 1 aliphatic rings. The highest BCUT2D eigenvalue weighted by Gasteiger charge is 2.37. The Morgan fingerprint density at radius 2 is 1.75 bits per heavy atom. The van der Waals surface area contributed by atoms with Crippen molar-refractivity contribution in [3.05, 3.63) is 29.8 Å². The van der Waals surface area contributed by atoms with E-state index in [2.05, 4.69) is 4.74 Å². The van der Waals surface area contributed by atoms with Crippen molar-refractivity contribution in [2.24, 2.45) is 5.73 Å². The van der Waals surface area contributed by atoms with E-state index in [0.29, 0.717) is 19.4 Å². The van der Waals surface area contributed by atoms with Crippen LogP contribution in [0.4, 0.5) is 13.2 Å². The minimum Gasteiger partial charge on any atom is -0.406 e. The maximum atomic E-state index is 12.5. The minimum absolute atomic E-state index is 0. The molecule has 1 saturated carbocycles. The average Bonchev–Trinajstić information content (AvgIpc) is 2.47. The highest BCUT2D eigenvalue weighted by molar-refractivity contribution is 5.86. The van der Waals surface area contributed by atoms with Crippen LogP contribution in [0.5, 0.6) is 5.75 Å². The second kappa shape index (κ2) is 8.07. The Kier molecular flexibility index (Phi) is 6.92. The van der Waals surface area contributed by atoms with Crippen molar-refractivity contribution in [2.45, 2.75) is 50.6 Å². The first-order valence-corrected chi connectivity index (χ1v) is 7.59. The Bertz CT molecular complexity index is 543. The number of halogens is 4. The lowest BCUT2D eigenvalue weighted by atomic mass is 9.81. The van der Waals surface area contributed by atoms with Crippen molar-refractivity contribution in [3.8, 4) is 5.75 Å². The summed E-state index contributed by atoms with van der Waals surface area (Å²) in [5, 5.41) is 0. The van der Waals surface area contributed by atoms with Gasteiger partial charge in [0.15, 0.2) is 0 Å². The monoisotopic (exact) mass is 366 g/mol. The van der Waals surface area contributed by atoms with E-state index < -0.39 is 11.9 Å². The van der Waals surface area contributed by atoms with E-state index in [4.69, 9.17) is 5.73 Å². The van der Waals surface area contributed by atoms with Gasteiger partial charge in [0.2, 0.25) is 5.91 Å². The van der Waals surface area contributed by atoms with Crippen molar-refractivity contribution < 1.29 is 22.7 Å². The van der Waals surface area contributed by atoms with E-state index in [1.54, 1.807) is 7.05 Å². The number of carbonyl (C=O) groups is 1. The van der Waals surface area contributed by atoms with Crippen LogP contribution >= 0.6 is 12.4 Å². The number of ether oxygens (including phenoxy) is 1. The molecule has 136 valence electrons. The van der Waals surface area contributed by atoms with E-state index in [9.17, 15) is 18.0 Å². The number of amides is 1. The number of benzene rings is 1. The minimum atomic E-state index is -4.71. The second-order valence-corrected chi connectivity index (χ2v) is 6.07. The molecule has 1 aliphatic carbocycles. The number of hydrogen-bond donors (Lipinski definition) is 1. The molecule has 4 nitrogen and oxygen atoms in total. The van der Waals surface area contributed by atoms with Gasteiger partial charge in [-0.3, -0.25) is 4.79 Å². The lowest BCUT2D eigenvalue weighted by Gasteiger charge is -2.35. The van der Waals surface area contributed by atoms with E-state index in [1.807, 2.05) is 0 Å². The second-order valence-electron chi connectivity index (χ2n) is 6.07. The fraction of sp³-hybridized carbons (Fsp3) is 0.562. The summed E-state index contributed by atoms with van der Waals surface area (Å²) in [6, 6.07) is 5.49. The summed E-state index contributed by atoms with van der Waals surface area (Å²) in [7, 11) is 1.66. The molecule has 1 aromatic carbocycles. The van der Waals surface area contributed by atoms with Crippen LogP contribution in [0, 0.1) is 0 Å². The van der Waals surface area contributed by atoms with Crippen LogP contribution in [0.1, 0.15) is 37.7 Å². The molecular formula is C16H22ClF3N2O2. The van der Waals surface area contributed by atoms with Gasteiger partial charge in [0, 0.05) is 13.6 Å². The van der Waals surface area contributed by atoms with Crippen molar-refractivity contribution in [2.75, 3.05) is 7.05 Å². The smallest absolute Gasteiger partial charge is 0.406 e. The maximum absolute atomic E-state index is 12.5. The van der Waals surface area contributed by atoms with Crippen LogP contribution in [0.25, 0.3) is 0 Å². The third-order valence-corrected chi connectivity index (χ3v) is 4.10. The van der Waals surface area contributed by atoms with Gasteiger partial charge in [0.1, 0.15) is 5.75 Å². The number of likely N-dealkylation sites (N-methyl/N-ethyl adjacent to an activating group) is 1. The number of rotatable bonds is 4. The Hall–Kier alpha value is -1.47. The molecule has 1 fully saturated rings. The molecule has 0 saturated heterocycles. The topological polar surface area (TPSA) is 55.6 Å². The molecule has 0 heterocycles. The van der Waals surface area contributed by atoms with Crippen LogP contribution in [0.15, 0.2) is 24.3 Å². The molecule has 2 rings (SSSR count). The van der Waals surface area contributed by atoms with Crippen LogP contribution in [0.2, 0.25) is 0 Å². The molecule has 1 amide bonds. The first-order valence-electron chi connectivity index (χ1n) is 7.59. The average molecular weight is 367 g/mol. The number of nitrogens with zero attached hydrogens (tertiary/aromatic N) is 1. The standard InChI is InChI=1S/C16H21F3N2O2.ClH/c1-21(14(22)15(20)9-3-2-4-10-15)11-12-5-7-13(8-6-12)23-16(17,18)19;/h5-8H,2-4,9-11,20H2,1H3;1H. The van der Waals surface area contributed by atoms with Gasteiger partial charge in [-0.2, -0.15) is 0 Å². The van der Waals surface area contributed by atoms with Gasteiger partial charge in [0.25, 0.3) is 0 Å². The van der Waals surface area contributed by atoms with E-state index in [1.165, 1.54) is 29.2 Å². The van der Waals surface area contributed by atoms with Gasteiger partial charge in [0.05, 0.1) is 5.54 Å². The molecule has 0 aliphatic heterocycles. The zero-order valence-electron chi connectivity index (χ0n) is 13.4. The first kappa shape index (κ1) is 20.6. The third kappa shape index (κ3) is 5.56. The summed E-state index contributed by atoms with van der Waals surface area (Å²) >= 11 is 0. The summed E-state index contributed by atoms with van der Waals surface area (Å²) in [6.07, 6.45) is -0.375. The molecule has 24 heavy (non-hydrogen) atoms. The van der Waals surface area contributed by atoms with Gasteiger partial charge in [-0.1, -0.05) is 31.4 Å². The van der Waals surface area contributed by atoms with E-state index in [0.717, 1.165) is 24.8 Å². The van der Waals surface area contributed by atoms with Crippen molar-refractivity contribution in [1.29, 1.82) is 0 Å². The van der Waals surface area contributed by atoms with Gasteiger partial charge < -0.3 is 15.4 Å². The summed E-state index contributed by atoms with van der Waals surface area (Å²) < 4.78 is 40.2. The summed E-state index contributed by atoms with van der Waals surface area (Å²) in [6.45, 7) is 0.296. The normalized spacial score (nSPS) is 16.9. The van der Waals surface area contributed by atoms with Crippen molar-refractivity contribution in [1.82, 2.24) is 4.90 Å². The Labute approximate surface area is 145 Å². The fourth-order valence-corrected chi connectivity index (χ4v) is 2.92. The van der Waals surface area contributed by atoms with Crippen LogP contribution < -0.4 is 10.5 Å². The zero-order chi connectivity index (χ0) is 17.1. The maximum Gasteiger partial charge on any atom is 0.573 e. The van der Waals surface area contributed by atoms with Crippen LogP contribution in [-0.4, -0.2) is 29.8 Å². The highest BCUT2D eigenvalue weighted by Crippen LogP contribution is 2.28. The number of alkyl halides is 3. The predicted octanol–water partition coefficient (Wildman–Crippen LogP) is 3.63. The molecule has 0 unspecified atom stereocenters. The Morgan fingerprint density at radius 3 is 2.25 bits per heavy atom. The first-order chi connectivity index (χ1) is 10.7. The molecule has 8 heteroatoms. The lowest BCUT2D eigenvalue weighted by molar-refractivity contribution is -0.274. The van der Waals surface area contributed by atoms with Gasteiger partial charge in [-0.25, -0.2) is 0 Å². The quantitative estimate of drug-likeness (QED) is 0.885. The molecule has 0 bridgehead atoms. The summed E-state index contributed by atoms with van der Waals surface area (Å²) in [5.41, 5.74) is 6.12. The molecule has 1 aromatic rings. The molecule has 2 N–H and O–H groups in total. The summed E-state index contributed by atoms with van der Waals surface area (Å²) in [4.78, 5) is 14.0. The number of carbonyl (C=O) groups excluding carboxylic acids is 1. The molecular weight excluding hydrogens is 345 g/mol. The molecule has 0 radical (unpaired) electrons. The van der Waals surface area contributed by atoms with Crippen molar-refractivity contribution in [3.63, 3.8) is 0 Å². The van der Waals surface area contributed by atoms with E-state index >= 15 is 0 Å². The number of nitrogens with two attached hydrogens (primary N) is 1. The molecule has 0 spiro atoms. The number of hydrogen-bond acceptors (Lipinski definition) is 3. The molecule has 0 atom stereocenters. The van der Waals surface area contributed by atoms with Gasteiger partial charge in [-0.15, -0.1) is 25.6 Å². The Morgan fingerprint density at radius 1 is 1.21 bits per heavy atom. The van der Waals surface area contributed by atoms with Gasteiger partial charge in [-0.05, 0) is 30.5 Å².